The normalized spacial score (nSPS) is 21.4. The first-order valence-corrected chi connectivity index (χ1v) is 12.1. The summed E-state index contributed by atoms with van der Waals surface area (Å²) in [6, 6.07) is 6.45. The van der Waals surface area contributed by atoms with E-state index in [9.17, 15) is 13.2 Å². The Hall–Kier alpha value is -2.33. The monoisotopic (exact) mass is 432 g/mol. The van der Waals surface area contributed by atoms with E-state index in [1.165, 1.54) is 47.4 Å². The van der Waals surface area contributed by atoms with Gasteiger partial charge in [0.05, 0.1) is 16.5 Å². The lowest BCUT2D eigenvalue weighted by molar-refractivity contribution is -0.126. The number of nitrogens with one attached hydrogen (secondary N) is 1. The van der Waals surface area contributed by atoms with Crippen LogP contribution >= 0.6 is 0 Å². The van der Waals surface area contributed by atoms with E-state index in [1.54, 1.807) is 24.3 Å². The molecule has 2 fully saturated rings. The van der Waals surface area contributed by atoms with Crippen molar-refractivity contribution in [2.24, 2.45) is 11.8 Å². The molecule has 0 radical (unpaired) electrons. The molecule has 10 heteroatoms. The highest BCUT2D eigenvalue weighted by atomic mass is 32.2. The van der Waals surface area contributed by atoms with Crippen molar-refractivity contribution >= 4 is 15.9 Å². The first-order valence-electron chi connectivity index (χ1n) is 10.7. The van der Waals surface area contributed by atoms with Gasteiger partial charge < -0.3 is 5.32 Å². The fraction of sp³-hybridized carbons (Fsp3) is 0.600. The molecule has 0 bridgehead atoms. The van der Waals surface area contributed by atoms with Crippen LogP contribution in [0.4, 0.5) is 0 Å². The number of benzene rings is 1. The molecular weight excluding hydrogens is 404 g/mol. The molecule has 2 heterocycles. The molecule has 1 N–H and O–H groups in total. The number of sulfonamides is 1. The van der Waals surface area contributed by atoms with E-state index in [0.717, 1.165) is 6.42 Å². The minimum absolute atomic E-state index is 0.0190. The number of hydrogen-bond acceptors (Lipinski definition) is 6. The Morgan fingerprint density at radius 1 is 1.07 bits per heavy atom. The van der Waals surface area contributed by atoms with E-state index < -0.39 is 10.0 Å². The van der Waals surface area contributed by atoms with E-state index in [0.29, 0.717) is 31.1 Å². The number of aromatic nitrogens is 4. The van der Waals surface area contributed by atoms with Crippen molar-refractivity contribution in [3.8, 4) is 5.69 Å². The number of carbonyl (C=O) groups excluding carboxylic acids is 1. The van der Waals surface area contributed by atoms with E-state index in [2.05, 4.69) is 20.8 Å². The molecule has 9 nitrogen and oxygen atoms in total. The van der Waals surface area contributed by atoms with E-state index >= 15 is 0 Å². The number of tetrazole rings is 1. The maximum atomic E-state index is 13.1. The molecule has 1 atom stereocenters. The van der Waals surface area contributed by atoms with Crippen molar-refractivity contribution in [3.63, 3.8) is 0 Å². The topological polar surface area (TPSA) is 110 Å². The van der Waals surface area contributed by atoms with Gasteiger partial charge in [-0.3, -0.25) is 4.79 Å². The summed E-state index contributed by atoms with van der Waals surface area (Å²) in [6.45, 7) is 1.37. The largest absolute Gasteiger partial charge is 0.356 e. The van der Waals surface area contributed by atoms with E-state index in [-0.39, 0.29) is 23.3 Å². The van der Waals surface area contributed by atoms with Crippen molar-refractivity contribution in [2.45, 2.75) is 49.8 Å². The number of amides is 1. The maximum absolute atomic E-state index is 13.1. The third kappa shape index (κ3) is 4.70. The highest BCUT2D eigenvalue weighted by Gasteiger charge is 2.33. The molecule has 2 aliphatic rings. The zero-order valence-corrected chi connectivity index (χ0v) is 17.8. The lowest BCUT2D eigenvalue weighted by Gasteiger charge is -2.31. The highest BCUT2D eigenvalue weighted by molar-refractivity contribution is 7.89. The van der Waals surface area contributed by atoms with Crippen LogP contribution in [-0.4, -0.2) is 58.5 Å². The van der Waals surface area contributed by atoms with Crippen LogP contribution in [0.25, 0.3) is 5.69 Å². The zero-order valence-electron chi connectivity index (χ0n) is 17.0. The molecule has 0 unspecified atom stereocenters. The van der Waals surface area contributed by atoms with Gasteiger partial charge in [0.15, 0.2) is 0 Å². The molecule has 1 saturated heterocycles. The molecule has 1 aliphatic carbocycles. The van der Waals surface area contributed by atoms with E-state index in [4.69, 9.17) is 0 Å². The highest BCUT2D eigenvalue weighted by Crippen LogP contribution is 2.26. The number of nitrogens with zero attached hydrogens (tertiary/aromatic N) is 5. The van der Waals surface area contributed by atoms with Gasteiger partial charge in [0.2, 0.25) is 15.9 Å². The quantitative estimate of drug-likeness (QED) is 0.745. The van der Waals surface area contributed by atoms with Gasteiger partial charge >= 0.3 is 0 Å². The summed E-state index contributed by atoms with van der Waals surface area (Å²) in [6.07, 6.45) is 8.97. The molecule has 1 aromatic heterocycles. The SMILES string of the molecule is O=C(NCC1CCCCC1)[C@H]1CCCN(S(=O)(=O)c2ccc(-n3cnnn3)cc2)C1. The second-order valence-electron chi connectivity index (χ2n) is 8.20. The summed E-state index contributed by atoms with van der Waals surface area (Å²) in [4.78, 5) is 12.9. The molecule has 1 aromatic carbocycles. The summed E-state index contributed by atoms with van der Waals surface area (Å²) in [5.74, 6) is 0.247. The first-order chi connectivity index (χ1) is 14.5. The van der Waals surface area contributed by atoms with Gasteiger partial charge in [-0.1, -0.05) is 19.3 Å². The number of hydrogen-bond donors (Lipinski definition) is 1. The van der Waals surface area contributed by atoms with Crippen molar-refractivity contribution in [3.05, 3.63) is 30.6 Å². The summed E-state index contributed by atoms with van der Waals surface area (Å²) < 4.78 is 29.1. The van der Waals surface area contributed by atoms with Crippen LogP contribution in [-0.2, 0) is 14.8 Å². The van der Waals surface area contributed by atoms with Crippen LogP contribution in [0.2, 0.25) is 0 Å². The number of rotatable bonds is 6. The first kappa shape index (κ1) is 20.9. The maximum Gasteiger partial charge on any atom is 0.243 e. The van der Waals surface area contributed by atoms with Gasteiger partial charge in [0, 0.05) is 19.6 Å². The minimum atomic E-state index is -3.66. The van der Waals surface area contributed by atoms with Crippen LogP contribution in [0.3, 0.4) is 0 Å². The third-order valence-corrected chi connectivity index (χ3v) is 8.01. The molecular formula is C20H28N6O3S. The third-order valence-electron chi connectivity index (χ3n) is 6.13. The molecule has 30 heavy (non-hydrogen) atoms. The fourth-order valence-electron chi connectivity index (χ4n) is 4.35. The average molecular weight is 433 g/mol. The molecule has 162 valence electrons. The Balaban J connectivity index is 1.38. The molecule has 0 spiro atoms. The van der Waals surface area contributed by atoms with Crippen LogP contribution < -0.4 is 5.32 Å². The van der Waals surface area contributed by atoms with Crippen molar-refractivity contribution < 1.29 is 13.2 Å². The Morgan fingerprint density at radius 2 is 1.83 bits per heavy atom. The summed E-state index contributed by atoms with van der Waals surface area (Å²) in [5.41, 5.74) is 0.678. The molecule has 1 amide bonds. The smallest absolute Gasteiger partial charge is 0.243 e. The van der Waals surface area contributed by atoms with E-state index in [1.807, 2.05) is 0 Å². The van der Waals surface area contributed by atoms with Crippen molar-refractivity contribution in [1.29, 1.82) is 0 Å². The lowest BCUT2D eigenvalue weighted by atomic mass is 9.89. The van der Waals surface area contributed by atoms with Crippen LogP contribution in [0, 0.1) is 11.8 Å². The van der Waals surface area contributed by atoms with Crippen LogP contribution in [0.15, 0.2) is 35.5 Å². The van der Waals surface area contributed by atoms with Crippen LogP contribution in [0.1, 0.15) is 44.9 Å². The zero-order chi connectivity index (χ0) is 21.0. The molecule has 2 aromatic rings. The lowest BCUT2D eigenvalue weighted by Crippen LogP contribution is -2.46. The van der Waals surface area contributed by atoms with Gasteiger partial charge in [0.25, 0.3) is 0 Å². The molecule has 4 rings (SSSR count). The summed E-state index contributed by atoms with van der Waals surface area (Å²) in [7, 11) is -3.66. The Labute approximate surface area is 176 Å². The van der Waals surface area contributed by atoms with Gasteiger partial charge in [0.1, 0.15) is 6.33 Å². The Morgan fingerprint density at radius 3 is 2.53 bits per heavy atom. The average Bonchev–Trinajstić information content (AvgIpc) is 3.33. The summed E-state index contributed by atoms with van der Waals surface area (Å²) in [5, 5.41) is 14.0. The second kappa shape index (κ2) is 9.22. The van der Waals surface area contributed by atoms with Gasteiger partial charge in [-0.15, -0.1) is 5.10 Å². The van der Waals surface area contributed by atoms with Crippen LogP contribution in [0.5, 0.6) is 0 Å². The van der Waals surface area contributed by atoms with Crippen molar-refractivity contribution in [1.82, 2.24) is 29.8 Å². The minimum Gasteiger partial charge on any atom is -0.356 e. The van der Waals surface area contributed by atoms with Gasteiger partial charge in [-0.05, 0) is 66.3 Å². The number of carbonyl (C=O) groups is 1. The standard InChI is InChI=1S/C20H28N6O3S/c27-20(21-13-16-5-2-1-3-6-16)17-7-4-12-25(14-17)30(28,29)19-10-8-18(9-11-19)26-15-22-23-24-26/h8-11,15-17H,1-7,12-14H2,(H,21,27)/t17-/m0/s1. The molecule has 1 aliphatic heterocycles. The second-order valence-corrected chi connectivity index (χ2v) is 10.1. The molecule has 1 saturated carbocycles. The predicted octanol–water partition coefficient (Wildman–Crippen LogP) is 1.76. The predicted molar refractivity (Wildman–Crippen MR) is 110 cm³/mol. The van der Waals surface area contributed by atoms with Crippen molar-refractivity contribution in [2.75, 3.05) is 19.6 Å². The summed E-state index contributed by atoms with van der Waals surface area (Å²) >= 11 is 0. The Kier molecular flexibility index (Phi) is 6.43. The number of piperidine rings is 1. The van der Waals surface area contributed by atoms with Gasteiger partial charge in [-0.25, -0.2) is 13.1 Å². The fourth-order valence-corrected chi connectivity index (χ4v) is 5.88. The van der Waals surface area contributed by atoms with Gasteiger partial charge in [-0.2, -0.15) is 4.31 Å². The Bertz CT molecular complexity index is 939.